The first-order valence-corrected chi connectivity index (χ1v) is 7.31. The van der Waals surface area contributed by atoms with E-state index in [-0.39, 0.29) is 17.9 Å². The second-order valence-electron chi connectivity index (χ2n) is 5.11. The first kappa shape index (κ1) is 15.8. The number of amides is 1. The molecule has 1 amide bonds. The molecule has 0 spiro atoms. The Kier molecular flexibility index (Phi) is 4.62. The van der Waals surface area contributed by atoms with Gasteiger partial charge < -0.3 is 10.4 Å². The van der Waals surface area contributed by atoms with Crippen LogP contribution in [0.4, 0.5) is 4.39 Å². The first-order chi connectivity index (χ1) is 11.7. The number of nitrogens with one attached hydrogen (secondary N) is 1. The Morgan fingerprint density at radius 2 is 2.00 bits per heavy atom. The monoisotopic (exact) mass is 326 g/mol. The molecule has 2 N–H and O–H groups in total. The van der Waals surface area contributed by atoms with Crippen molar-refractivity contribution in [3.05, 3.63) is 77.6 Å². The van der Waals surface area contributed by atoms with Gasteiger partial charge in [-0.3, -0.25) is 4.79 Å². The van der Waals surface area contributed by atoms with Crippen LogP contribution in [0.3, 0.4) is 0 Å². The fourth-order valence-corrected chi connectivity index (χ4v) is 2.19. The van der Waals surface area contributed by atoms with Gasteiger partial charge in [0.15, 0.2) is 0 Å². The van der Waals surface area contributed by atoms with E-state index in [9.17, 15) is 9.18 Å². The third-order valence-electron chi connectivity index (χ3n) is 3.45. The predicted molar refractivity (Wildman–Crippen MR) is 84.9 cm³/mol. The van der Waals surface area contributed by atoms with Gasteiger partial charge in [0.05, 0.1) is 12.3 Å². The van der Waals surface area contributed by atoms with Crippen LogP contribution in [0.1, 0.15) is 21.7 Å². The van der Waals surface area contributed by atoms with Crippen molar-refractivity contribution in [3.63, 3.8) is 0 Å². The summed E-state index contributed by atoms with van der Waals surface area (Å²) >= 11 is 0. The van der Waals surface area contributed by atoms with Gasteiger partial charge in [-0.25, -0.2) is 14.1 Å². The fourth-order valence-electron chi connectivity index (χ4n) is 2.19. The molecule has 0 atom stereocenters. The number of hydrogen-bond donors (Lipinski definition) is 2. The van der Waals surface area contributed by atoms with E-state index in [1.165, 1.54) is 23.1 Å². The molecule has 0 aliphatic heterocycles. The van der Waals surface area contributed by atoms with Crippen molar-refractivity contribution in [3.8, 4) is 5.69 Å². The number of aliphatic hydroxyl groups is 1. The van der Waals surface area contributed by atoms with Crippen molar-refractivity contribution in [2.45, 2.75) is 13.2 Å². The average Bonchev–Trinajstić information content (AvgIpc) is 3.12. The minimum Gasteiger partial charge on any atom is -0.392 e. The smallest absolute Gasteiger partial charge is 0.291 e. The molecule has 0 saturated heterocycles. The summed E-state index contributed by atoms with van der Waals surface area (Å²) in [6, 6.07) is 13.6. The summed E-state index contributed by atoms with van der Waals surface area (Å²) in [6.45, 7) is -0.206. The number of aromatic nitrogens is 3. The summed E-state index contributed by atoms with van der Waals surface area (Å²) in [5, 5.41) is 15.9. The summed E-state index contributed by atoms with van der Waals surface area (Å²) < 4.78 is 14.8. The molecule has 0 fully saturated rings. The van der Waals surface area contributed by atoms with Gasteiger partial charge in [-0.15, -0.1) is 5.10 Å². The molecule has 3 rings (SSSR count). The fraction of sp³-hybridized carbons (Fsp3) is 0.118. The third kappa shape index (κ3) is 3.47. The van der Waals surface area contributed by atoms with Gasteiger partial charge in [0, 0.05) is 12.1 Å². The number of rotatable bonds is 5. The van der Waals surface area contributed by atoms with Gasteiger partial charge >= 0.3 is 0 Å². The summed E-state index contributed by atoms with van der Waals surface area (Å²) in [4.78, 5) is 16.1. The molecule has 6 nitrogen and oxygen atoms in total. The number of benzene rings is 2. The molecule has 2 aromatic carbocycles. The predicted octanol–water partition coefficient (Wildman–Crippen LogP) is 1.83. The standard InChI is InChI=1S/C17H15FN4O2/c18-15-7-6-12(8-13(15)10-23)9-19-17(24)16-20-11-22(21-16)14-4-2-1-3-5-14/h1-8,11,23H,9-10H2,(H,19,24). The van der Waals surface area contributed by atoms with Gasteiger partial charge in [0.25, 0.3) is 5.91 Å². The van der Waals surface area contributed by atoms with E-state index >= 15 is 0 Å². The first-order valence-electron chi connectivity index (χ1n) is 7.31. The minimum absolute atomic E-state index is 0.0448. The van der Waals surface area contributed by atoms with Crippen LogP contribution >= 0.6 is 0 Å². The van der Waals surface area contributed by atoms with Crippen LogP contribution in [-0.2, 0) is 13.2 Å². The van der Waals surface area contributed by atoms with Crippen LogP contribution in [0, 0.1) is 5.82 Å². The SMILES string of the molecule is O=C(NCc1ccc(F)c(CO)c1)c1ncn(-c2ccccc2)n1. The second kappa shape index (κ2) is 7.01. The van der Waals surface area contributed by atoms with Crippen molar-refractivity contribution in [1.82, 2.24) is 20.1 Å². The normalized spacial score (nSPS) is 10.6. The van der Waals surface area contributed by atoms with Crippen LogP contribution < -0.4 is 5.32 Å². The summed E-state index contributed by atoms with van der Waals surface area (Å²) in [5.41, 5.74) is 1.67. The molecule has 1 aromatic heterocycles. The second-order valence-corrected chi connectivity index (χ2v) is 5.11. The number of carbonyl (C=O) groups excluding carboxylic acids is 1. The topological polar surface area (TPSA) is 80.0 Å². The maximum Gasteiger partial charge on any atom is 0.291 e. The Morgan fingerprint density at radius 1 is 1.21 bits per heavy atom. The molecule has 0 aliphatic carbocycles. The molecule has 0 aliphatic rings. The van der Waals surface area contributed by atoms with Crippen LogP contribution in [0.5, 0.6) is 0 Å². The Bertz CT molecular complexity index is 849. The van der Waals surface area contributed by atoms with Crippen molar-refractivity contribution in [2.75, 3.05) is 0 Å². The van der Waals surface area contributed by atoms with Crippen LogP contribution in [0.2, 0.25) is 0 Å². The highest BCUT2D eigenvalue weighted by atomic mass is 19.1. The lowest BCUT2D eigenvalue weighted by atomic mass is 10.1. The highest BCUT2D eigenvalue weighted by Crippen LogP contribution is 2.11. The maximum absolute atomic E-state index is 13.3. The summed E-state index contributed by atoms with van der Waals surface area (Å²) in [5.74, 6) is -0.862. The number of aliphatic hydroxyl groups excluding tert-OH is 1. The van der Waals surface area contributed by atoms with Crippen LogP contribution in [-0.4, -0.2) is 25.8 Å². The zero-order valence-corrected chi connectivity index (χ0v) is 12.7. The zero-order chi connectivity index (χ0) is 16.9. The van der Waals surface area contributed by atoms with E-state index in [1.54, 1.807) is 6.07 Å². The Hall–Kier alpha value is -3.06. The number of carbonyl (C=O) groups is 1. The maximum atomic E-state index is 13.3. The van der Waals surface area contributed by atoms with Crippen molar-refractivity contribution in [2.24, 2.45) is 0 Å². The highest BCUT2D eigenvalue weighted by molar-refractivity contribution is 5.90. The van der Waals surface area contributed by atoms with Gasteiger partial charge in [-0.05, 0) is 29.8 Å². The lowest BCUT2D eigenvalue weighted by molar-refractivity contribution is 0.0940. The molecule has 122 valence electrons. The van der Waals surface area contributed by atoms with Gasteiger partial charge in [-0.1, -0.05) is 24.3 Å². The minimum atomic E-state index is -0.476. The molecule has 24 heavy (non-hydrogen) atoms. The number of para-hydroxylation sites is 1. The van der Waals surface area contributed by atoms with E-state index < -0.39 is 18.3 Å². The number of halogens is 1. The molecule has 0 saturated carbocycles. The molecule has 7 heteroatoms. The van der Waals surface area contributed by atoms with Crippen LogP contribution in [0.15, 0.2) is 54.9 Å². The molecular formula is C17H15FN4O2. The van der Waals surface area contributed by atoms with E-state index in [2.05, 4.69) is 15.4 Å². The van der Waals surface area contributed by atoms with E-state index in [0.29, 0.717) is 5.56 Å². The summed E-state index contributed by atoms with van der Waals surface area (Å²) in [6.07, 6.45) is 1.46. The van der Waals surface area contributed by atoms with Gasteiger partial charge in [0.2, 0.25) is 5.82 Å². The Balaban J connectivity index is 1.67. The van der Waals surface area contributed by atoms with E-state index in [4.69, 9.17) is 5.11 Å². The average molecular weight is 326 g/mol. The van der Waals surface area contributed by atoms with Crippen molar-refractivity contribution < 1.29 is 14.3 Å². The lowest BCUT2D eigenvalue weighted by Gasteiger charge is -2.06. The van der Waals surface area contributed by atoms with Crippen molar-refractivity contribution in [1.29, 1.82) is 0 Å². The van der Waals surface area contributed by atoms with Gasteiger partial charge in [-0.2, -0.15) is 0 Å². The lowest BCUT2D eigenvalue weighted by Crippen LogP contribution is -2.24. The molecule has 0 radical (unpaired) electrons. The van der Waals surface area contributed by atoms with Gasteiger partial charge in [0.1, 0.15) is 12.1 Å². The van der Waals surface area contributed by atoms with Crippen molar-refractivity contribution >= 4 is 5.91 Å². The Morgan fingerprint density at radius 3 is 2.75 bits per heavy atom. The van der Waals surface area contributed by atoms with Crippen LogP contribution in [0.25, 0.3) is 5.69 Å². The molecule has 0 unspecified atom stereocenters. The number of hydrogen-bond acceptors (Lipinski definition) is 4. The molecular weight excluding hydrogens is 311 g/mol. The highest BCUT2D eigenvalue weighted by Gasteiger charge is 2.12. The van der Waals surface area contributed by atoms with E-state index in [0.717, 1.165) is 5.69 Å². The quantitative estimate of drug-likeness (QED) is 0.749. The third-order valence-corrected chi connectivity index (χ3v) is 3.45. The largest absolute Gasteiger partial charge is 0.392 e. The van der Waals surface area contributed by atoms with E-state index in [1.807, 2.05) is 30.3 Å². The molecule has 0 bridgehead atoms. The summed E-state index contributed by atoms with van der Waals surface area (Å²) in [7, 11) is 0. The molecule has 3 aromatic rings. The Labute approximate surface area is 137 Å². The zero-order valence-electron chi connectivity index (χ0n) is 12.7. The molecule has 1 heterocycles. The number of nitrogens with zero attached hydrogens (tertiary/aromatic N) is 3.